The van der Waals surface area contributed by atoms with Gasteiger partial charge in [-0.1, -0.05) is 17.7 Å². The number of amides is 1. The quantitative estimate of drug-likeness (QED) is 0.226. The van der Waals surface area contributed by atoms with Crippen molar-refractivity contribution in [2.24, 2.45) is 0 Å². The third kappa shape index (κ3) is 3.92. The van der Waals surface area contributed by atoms with Gasteiger partial charge in [0.2, 0.25) is 12.7 Å². The van der Waals surface area contributed by atoms with Crippen LogP contribution in [0.5, 0.6) is 0 Å². The van der Waals surface area contributed by atoms with Crippen LogP contribution in [0.2, 0.25) is 0 Å². The van der Waals surface area contributed by atoms with E-state index in [0.717, 1.165) is 17.4 Å². The van der Waals surface area contributed by atoms with Crippen molar-refractivity contribution in [2.45, 2.75) is 48.3 Å². The lowest BCUT2D eigenvalue weighted by Crippen LogP contribution is -2.58. The van der Waals surface area contributed by atoms with Crippen molar-refractivity contribution in [2.75, 3.05) is 13.4 Å². The second-order valence-electron chi connectivity index (χ2n) is 7.47. The molecule has 170 valence electrons. The van der Waals surface area contributed by atoms with E-state index in [9.17, 15) is 31.2 Å². The van der Waals surface area contributed by atoms with Crippen molar-refractivity contribution >= 4 is 37.8 Å². The first-order valence-corrected chi connectivity index (χ1v) is 12.1. The molecule has 1 aromatic rings. The van der Waals surface area contributed by atoms with Crippen molar-refractivity contribution in [3.8, 4) is 0 Å². The highest BCUT2D eigenvalue weighted by Gasteiger charge is 2.70. The summed E-state index contributed by atoms with van der Waals surface area (Å²) in [7, 11) is -8.32. The minimum atomic E-state index is -4.24. The first-order chi connectivity index (χ1) is 14.3. The second-order valence-corrected chi connectivity index (χ2v) is 11.6. The van der Waals surface area contributed by atoms with Gasteiger partial charge in [-0.05, 0) is 26.0 Å². The van der Waals surface area contributed by atoms with Crippen LogP contribution in [-0.2, 0) is 48.0 Å². The van der Waals surface area contributed by atoms with Crippen LogP contribution in [0.4, 0.5) is 0 Å². The standard InChI is InChI=1S/C18H21NO10S2/c1-11-4-6-13(7-5-11)31(25,26)29-10-28-17(22)16-18(3,9-27-12(2)20)30(23,24)15-8-14(21)19(15)16/h4-7,15-16H,8-10H2,1-3H3/t15-,16+,18+/m1/s1. The SMILES string of the molecule is CC(=O)OC[C@@]1(C)[C@H](C(=O)OCOS(=O)(=O)c2ccc(C)cc2)N2C(=O)C[C@H]2S1(=O)=O. The zero-order valence-electron chi connectivity index (χ0n) is 16.9. The highest BCUT2D eigenvalue weighted by atomic mass is 32.2. The fourth-order valence-corrected chi connectivity index (χ4v) is 6.54. The number of carbonyl (C=O) groups excluding carboxylic acids is 3. The number of sulfone groups is 1. The van der Waals surface area contributed by atoms with Crippen LogP contribution in [-0.4, -0.2) is 69.1 Å². The van der Waals surface area contributed by atoms with E-state index in [2.05, 4.69) is 0 Å². The summed E-state index contributed by atoms with van der Waals surface area (Å²) in [6, 6.07) is 4.13. The van der Waals surface area contributed by atoms with E-state index in [-0.39, 0.29) is 11.3 Å². The van der Waals surface area contributed by atoms with Gasteiger partial charge >= 0.3 is 11.9 Å². The van der Waals surface area contributed by atoms with Gasteiger partial charge in [0.25, 0.3) is 10.1 Å². The summed E-state index contributed by atoms with van der Waals surface area (Å²) < 4.78 is 62.6. The molecule has 2 aliphatic heterocycles. The first kappa shape index (κ1) is 23.2. The lowest BCUT2D eigenvalue weighted by atomic mass is 9.97. The van der Waals surface area contributed by atoms with E-state index in [0.29, 0.717) is 0 Å². The Hall–Kier alpha value is -2.51. The molecule has 31 heavy (non-hydrogen) atoms. The summed E-state index contributed by atoms with van der Waals surface area (Å²) in [6.45, 7) is 2.32. The monoisotopic (exact) mass is 475 g/mol. The third-order valence-electron chi connectivity index (χ3n) is 5.31. The molecule has 1 amide bonds. The van der Waals surface area contributed by atoms with Gasteiger partial charge in [-0.15, -0.1) is 0 Å². The molecule has 2 saturated heterocycles. The van der Waals surface area contributed by atoms with E-state index in [4.69, 9.17) is 13.7 Å². The molecule has 0 aromatic heterocycles. The van der Waals surface area contributed by atoms with Crippen LogP contribution in [0, 0.1) is 6.92 Å². The third-order valence-corrected chi connectivity index (χ3v) is 9.32. The van der Waals surface area contributed by atoms with E-state index >= 15 is 0 Å². The maximum Gasteiger partial charge on any atom is 0.332 e. The zero-order valence-corrected chi connectivity index (χ0v) is 18.6. The number of esters is 2. The van der Waals surface area contributed by atoms with Gasteiger partial charge in [0.1, 0.15) is 16.7 Å². The molecule has 0 N–H and O–H groups in total. The number of hydrogen-bond donors (Lipinski definition) is 0. The predicted octanol–water partition coefficient (Wildman–Crippen LogP) is -0.122. The molecule has 0 spiro atoms. The van der Waals surface area contributed by atoms with Crippen molar-refractivity contribution in [1.82, 2.24) is 4.90 Å². The highest BCUT2D eigenvalue weighted by molar-refractivity contribution is 7.94. The van der Waals surface area contributed by atoms with E-state index in [1.54, 1.807) is 19.1 Å². The average molecular weight is 475 g/mol. The summed E-state index contributed by atoms with van der Waals surface area (Å²) in [5, 5.41) is -1.24. The van der Waals surface area contributed by atoms with Crippen molar-refractivity contribution < 1.29 is 44.9 Å². The predicted molar refractivity (Wildman–Crippen MR) is 103 cm³/mol. The van der Waals surface area contributed by atoms with Crippen LogP contribution < -0.4 is 0 Å². The topological polar surface area (TPSA) is 150 Å². The van der Waals surface area contributed by atoms with Crippen LogP contribution >= 0.6 is 0 Å². The number of nitrogens with zero attached hydrogens (tertiary/aromatic N) is 1. The van der Waals surface area contributed by atoms with Crippen LogP contribution in [0.25, 0.3) is 0 Å². The van der Waals surface area contributed by atoms with Crippen molar-refractivity contribution in [3.05, 3.63) is 29.8 Å². The molecule has 0 radical (unpaired) electrons. The molecular formula is C18H21NO10S2. The summed E-state index contributed by atoms with van der Waals surface area (Å²) in [4.78, 5) is 36.6. The number of hydrogen-bond acceptors (Lipinski definition) is 10. The molecule has 0 aliphatic carbocycles. The number of aryl methyl sites for hydroxylation is 1. The molecule has 13 heteroatoms. The van der Waals surface area contributed by atoms with Crippen molar-refractivity contribution in [1.29, 1.82) is 0 Å². The number of fused-ring (bicyclic) bond motifs is 1. The number of rotatable bonds is 7. The minimum absolute atomic E-state index is 0.157. The molecule has 2 aliphatic rings. The summed E-state index contributed by atoms with van der Waals surface area (Å²) in [5.74, 6) is -2.54. The molecular weight excluding hydrogens is 454 g/mol. The summed E-state index contributed by atoms with van der Waals surface area (Å²) in [6.07, 6.45) is -0.305. The molecule has 11 nitrogen and oxygen atoms in total. The Morgan fingerprint density at radius 2 is 1.81 bits per heavy atom. The largest absolute Gasteiger partial charge is 0.464 e. The van der Waals surface area contributed by atoms with Crippen LogP contribution in [0.15, 0.2) is 29.2 Å². The fraction of sp³-hybridized carbons (Fsp3) is 0.500. The Morgan fingerprint density at radius 3 is 2.35 bits per heavy atom. The molecule has 3 rings (SSSR count). The van der Waals surface area contributed by atoms with E-state index < -0.39 is 67.4 Å². The Morgan fingerprint density at radius 1 is 1.19 bits per heavy atom. The molecule has 1 aromatic carbocycles. The fourth-order valence-electron chi connectivity index (χ4n) is 3.50. The van der Waals surface area contributed by atoms with Gasteiger partial charge in [0.05, 0.1) is 11.3 Å². The molecule has 0 saturated carbocycles. The van der Waals surface area contributed by atoms with Gasteiger partial charge < -0.3 is 14.4 Å². The average Bonchev–Trinajstić information content (AvgIpc) is 2.81. The number of carbonyl (C=O) groups is 3. The smallest absolute Gasteiger partial charge is 0.332 e. The number of benzene rings is 1. The molecule has 0 unspecified atom stereocenters. The van der Waals surface area contributed by atoms with Gasteiger partial charge in [0.15, 0.2) is 15.9 Å². The number of ether oxygens (including phenoxy) is 2. The Balaban J connectivity index is 1.76. The maximum atomic E-state index is 12.9. The lowest BCUT2D eigenvalue weighted by molar-refractivity contribution is -0.167. The van der Waals surface area contributed by atoms with Gasteiger partial charge in [-0.2, -0.15) is 8.42 Å². The Kier molecular flexibility index (Phi) is 5.88. The zero-order chi connectivity index (χ0) is 23.2. The highest BCUT2D eigenvalue weighted by Crippen LogP contribution is 2.46. The molecule has 0 bridgehead atoms. The van der Waals surface area contributed by atoms with Gasteiger partial charge in [-0.25, -0.2) is 17.4 Å². The van der Waals surface area contributed by atoms with Crippen LogP contribution in [0.3, 0.4) is 0 Å². The van der Waals surface area contributed by atoms with Crippen molar-refractivity contribution in [3.63, 3.8) is 0 Å². The Labute approximate surface area is 179 Å². The molecule has 2 fully saturated rings. The van der Waals surface area contributed by atoms with Gasteiger partial charge in [0, 0.05) is 6.92 Å². The molecule has 3 atom stereocenters. The van der Waals surface area contributed by atoms with Crippen LogP contribution in [0.1, 0.15) is 25.8 Å². The Bertz CT molecular complexity index is 1130. The van der Waals surface area contributed by atoms with E-state index in [1.807, 2.05) is 0 Å². The van der Waals surface area contributed by atoms with E-state index in [1.165, 1.54) is 19.1 Å². The maximum absolute atomic E-state index is 12.9. The summed E-state index contributed by atoms with van der Waals surface area (Å²) >= 11 is 0. The molecule has 2 heterocycles. The first-order valence-electron chi connectivity index (χ1n) is 9.12. The normalized spacial score (nSPS) is 26.7. The summed E-state index contributed by atoms with van der Waals surface area (Å²) in [5.41, 5.74) is 0.827. The number of β-lactam (4-membered cyclic amide) rings is 1. The lowest BCUT2D eigenvalue weighted by Gasteiger charge is -2.36. The second kappa shape index (κ2) is 7.88. The van der Waals surface area contributed by atoms with Gasteiger partial charge in [-0.3, -0.25) is 9.59 Å². The minimum Gasteiger partial charge on any atom is -0.464 e.